The molecule has 1 aliphatic rings. The van der Waals surface area contributed by atoms with Crippen LogP contribution in [0.25, 0.3) is 33.9 Å². The largest absolute Gasteiger partial charge is 0.343 e. The van der Waals surface area contributed by atoms with Crippen LogP contribution in [0.3, 0.4) is 0 Å². The second kappa shape index (κ2) is 8.02. The second-order valence-electron chi connectivity index (χ2n) is 7.38. The Bertz CT molecular complexity index is 1210. The first-order valence-corrected chi connectivity index (χ1v) is 10.8. The number of benzene rings is 2. The first-order valence-electron chi connectivity index (χ1n) is 10.0. The van der Waals surface area contributed by atoms with Crippen LogP contribution in [0.1, 0.15) is 19.3 Å². The van der Waals surface area contributed by atoms with Gasteiger partial charge in [0.1, 0.15) is 0 Å². The van der Waals surface area contributed by atoms with Gasteiger partial charge in [-0.15, -0.1) is 0 Å². The van der Waals surface area contributed by atoms with Crippen LogP contribution in [0.5, 0.6) is 0 Å². The summed E-state index contributed by atoms with van der Waals surface area (Å²) in [5, 5.41) is 4.13. The van der Waals surface area contributed by atoms with Crippen LogP contribution >= 0.6 is 15.9 Å². The fraction of sp³-hybridized carbons (Fsp3) is 0.273. The summed E-state index contributed by atoms with van der Waals surface area (Å²) < 4.78 is 8.38. The zero-order valence-corrected chi connectivity index (χ0v) is 17.9. The molecule has 5 rings (SSSR count). The highest BCUT2D eigenvalue weighted by atomic mass is 79.9. The number of fused-ring (bicyclic) bond motifs is 1. The molecule has 2 aromatic carbocycles. The molecule has 8 heteroatoms. The molecule has 0 aliphatic carbocycles. The molecule has 1 amide bonds. The second-order valence-corrected chi connectivity index (χ2v) is 8.24. The van der Waals surface area contributed by atoms with E-state index in [9.17, 15) is 4.79 Å². The molecule has 0 N–H and O–H groups in total. The smallest absolute Gasteiger partial charge is 0.259 e. The number of carbonyl (C=O) groups excluding carboxylic acids is 1. The number of likely N-dealkylation sites (tertiary alicyclic amines) is 1. The zero-order chi connectivity index (χ0) is 20.5. The number of halogens is 1. The van der Waals surface area contributed by atoms with Crippen molar-refractivity contribution in [2.24, 2.45) is 0 Å². The zero-order valence-electron chi connectivity index (χ0n) is 16.3. The van der Waals surface area contributed by atoms with E-state index in [1.807, 2.05) is 51.9 Å². The summed E-state index contributed by atoms with van der Waals surface area (Å²) in [5.41, 5.74) is 3.52. The van der Waals surface area contributed by atoms with Gasteiger partial charge in [0, 0.05) is 36.1 Å². The predicted octanol–water partition coefficient (Wildman–Crippen LogP) is 4.53. The highest BCUT2D eigenvalue weighted by molar-refractivity contribution is 9.10. The highest BCUT2D eigenvalue weighted by Crippen LogP contribution is 2.29. The van der Waals surface area contributed by atoms with Crippen LogP contribution in [0.15, 0.2) is 57.8 Å². The van der Waals surface area contributed by atoms with Crippen molar-refractivity contribution < 1.29 is 9.32 Å². The normalized spacial score (nSPS) is 14.0. The first-order chi connectivity index (χ1) is 14.7. The molecule has 0 spiro atoms. The van der Waals surface area contributed by atoms with Crippen LogP contribution in [0.2, 0.25) is 0 Å². The summed E-state index contributed by atoms with van der Waals surface area (Å²) in [5.74, 6) is 1.20. The van der Waals surface area contributed by atoms with E-state index in [0.29, 0.717) is 24.7 Å². The van der Waals surface area contributed by atoms with Gasteiger partial charge in [0.15, 0.2) is 0 Å². The van der Waals surface area contributed by atoms with Gasteiger partial charge in [-0.3, -0.25) is 4.79 Å². The fourth-order valence-electron chi connectivity index (χ4n) is 3.81. The molecule has 0 bridgehead atoms. The van der Waals surface area contributed by atoms with Crippen LogP contribution in [0, 0.1) is 0 Å². The van der Waals surface area contributed by atoms with Gasteiger partial charge in [-0.1, -0.05) is 17.3 Å². The number of hydrogen-bond acceptors (Lipinski definition) is 5. The monoisotopic (exact) mass is 465 g/mol. The lowest BCUT2D eigenvalue weighted by Crippen LogP contribution is -2.28. The lowest BCUT2D eigenvalue weighted by Gasteiger charge is -2.15. The Hall–Kier alpha value is -3.00. The van der Waals surface area contributed by atoms with E-state index in [4.69, 9.17) is 4.52 Å². The van der Waals surface area contributed by atoms with Crippen LogP contribution in [-0.4, -0.2) is 43.6 Å². The number of imidazole rings is 1. The van der Waals surface area contributed by atoms with Gasteiger partial charge in [-0.25, -0.2) is 4.98 Å². The minimum absolute atomic E-state index is 0.220. The van der Waals surface area contributed by atoms with Crippen molar-refractivity contribution in [3.63, 3.8) is 0 Å². The maximum absolute atomic E-state index is 12.3. The fourth-order valence-corrected chi connectivity index (χ4v) is 4.26. The average Bonchev–Trinajstić information content (AvgIpc) is 3.53. The lowest BCUT2D eigenvalue weighted by molar-refractivity contribution is -0.130. The van der Waals surface area contributed by atoms with E-state index in [-0.39, 0.29) is 5.91 Å². The molecule has 0 radical (unpaired) electrons. The quantitative estimate of drug-likeness (QED) is 0.432. The Balaban J connectivity index is 1.35. The molecule has 0 unspecified atom stereocenters. The van der Waals surface area contributed by atoms with Crippen molar-refractivity contribution in [3.8, 4) is 22.8 Å². The molecular formula is C22H20BrN5O2. The van der Waals surface area contributed by atoms with Crippen LogP contribution < -0.4 is 0 Å². The number of aromatic nitrogens is 4. The molecule has 3 heterocycles. The molecule has 1 aliphatic heterocycles. The Morgan fingerprint density at radius 1 is 1.13 bits per heavy atom. The van der Waals surface area contributed by atoms with Gasteiger partial charge in [-0.05, 0) is 59.1 Å². The Labute approximate surface area is 181 Å². The SMILES string of the molecule is O=C(CCn1cnc2cc(-c3noc(-c4ccccc4Br)n3)ccc21)N1CCCC1. The molecule has 7 nitrogen and oxygen atoms in total. The third-order valence-electron chi connectivity index (χ3n) is 5.43. The average molecular weight is 466 g/mol. The summed E-state index contributed by atoms with van der Waals surface area (Å²) in [6.45, 7) is 2.40. The third-order valence-corrected chi connectivity index (χ3v) is 6.13. The van der Waals surface area contributed by atoms with Crippen molar-refractivity contribution in [2.75, 3.05) is 13.1 Å². The van der Waals surface area contributed by atoms with E-state index >= 15 is 0 Å². The number of amides is 1. The van der Waals surface area contributed by atoms with Crippen molar-refractivity contribution in [1.82, 2.24) is 24.6 Å². The minimum Gasteiger partial charge on any atom is -0.343 e. The summed E-state index contributed by atoms with van der Waals surface area (Å²) >= 11 is 3.51. The number of hydrogen-bond donors (Lipinski definition) is 0. The van der Waals surface area contributed by atoms with Gasteiger partial charge < -0.3 is 14.0 Å². The van der Waals surface area contributed by atoms with Crippen molar-refractivity contribution in [2.45, 2.75) is 25.8 Å². The molecule has 152 valence electrons. The third kappa shape index (κ3) is 3.63. The van der Waals surface area contributed by atoms with E-state index < -0.39 is 0 Å². The standard InChI is InChI=1S/C22H20BrN5O2/c23-17-6-2-1-5-16(17)22-25-21(26-30-22)15-7-8-19-18(13-15)24-14-28(19)12-9-20(29)27-10-3-4-11-27/h1-2,5-8,13-14H,3-4,9-12H2. The van der Waals surface area contributed by atoms with E-state index in [1.54, 1.807) is 6.33 Å². The van der Waals surface area contributed by atoms with Crippen molar-refractivity contribution in [3.05, 3.63) is 53.3 Å². The van der Waals surface area contributed by atoms with Gasteiger partial charge in [0.25, 0.3) is 5.89 Å². The summed E-state index contributed by atoms with van der Waals surface area (Å²) in [6.07, 6.45) is 4.50. The van der Waals surface area contributed by atoms with Gasteiger partial charge in [0.2, 0.25) is 11.7 Å². The molecular weight excluding hydrogens is 446 g/mol. The number of nitrogens with zero attached hydrogens (tertiary/aromatic N) is 5. The van der Waals surface area contributed by atoms with E-state index in [0.717, 1.165) is 52.6 Å². The molecule has 2 aromatic heterocycles. The molecule has 4 aromatic rings. The van der Waals surface area contributed by atoms with Gasteiger partial charge in [-0.2, -0.15) is 4.98 Å². The molecule has 0 saturated carbocycles. The van der Waals surface area contributed by atoms with Gasteiger partial charge in [0.05, 0.1) is 22.9 Å². The number of carbonyl (C=O) groups is 1. The summed E-state index contributed by atoms with van der Waals surface area (Å²) in [7, 11) is 0. The Kier molecular flexibility index (Phi) is 5.08. The van der Waals surface area contributed by atoms with Crippen molar-refractivity contribution >= 4 is 32.9 Å². The lowest BCUT2D eigenvalue weighted by atomic mass is 10.2. The molecule has 30 heavy (non-hydrogen) atoms. The first kappa shape index (κ1) is 19.0. The Morgan fingerprint density at radius 2 is 1.97 bits per heavy atom. The minimum atomic E-state index is 0.220. The molecule has 0 atom stereocenters. The van der Waals surface area contributed by atoms with E-state index in [1.165, 1.54) is 0 Å². The Morgan fingerprint density at radius 3 is 2.80 bits per heavy atom. The topological polar surface area (TPSA) is 77.0 Å². The van der Waals surface area contributed by atoms with Crippen LogP contribution in [-0.2, 0) is 11.3 Å². The van der Waals surface area contributed by atoms with Gasteiger partial charge >= 0.3 is 0 Å². The molecule has 1 fully saturated rings. The maximum Gasteiger partial charge on any atom is 0.259 e. The van der Waals surface area contributed by atoms with Crippen LogP contribution in [0.4, 0.5) is 0 Å². The number of aryl methyl sites for hydroxylation is 1. The number of rotatable bonds is 5. The predicted molar refractivity (Wildman–Crippen MR) is 117 cm³/mol. The highest BCUT2D eigenvalue weighted by Gasteiger charge is 2.18. The van der Waals surface area contributed by atoms with E-state index in [2.05, 4.69) is 31.1 Å². The van der Waals surface area contributed by atoms with Crippen molar-refractivity contribution in [1.29, 1.82) is 0 Å². The maximum atomic E-state index is 12.3. The molecule has 1 saturated heterocycles. The summed E-state index contributed by atoms with van der Waals surface area (Å²) in [4.78, 5) is 23.3. The summed E-state index contributed by atoms with van der Waals surface area (Å²) in [6, 6.07) is 13.6.